The standard InChI is InChI=1S/C8H12O6/c1-3-13-7(10)4-6(8(11)12)14-5(2)9/h6H,3-4H2,1-2H3,(H,11,12). The Labute approximate surface area is 80.8 Å². The molecule has 6 heteroatoms. The van der Waals surface area contributed by atoms with Crippen LogP contribution in [0.4, 0.5) is 0 Å². The summed E-state index contributed by atoms with van der Waals surface area (Å²) in [7, 11) is 0. The second-order valence-corrected chi connectivity index (χ2v) is 2.45. The van der Waals surface area contributed by atoms with Gasteiger partial charge in [-0.3, -0.25) is 9.59 Å². The number of ether oxygens (including phenoxy) is 2. The number of hydrogen-bond acceptors (Lipinski definition) is 5. The maximum absolute atomic E-state index is 10.9. The molecule has 14 heavy (non-hydrogen) atoms. The zero-order valence-electron chi connectivity index (χ0n) is 7.98. The fourth-order valence-corrected chi connectivity index (χ4v) is 0.751. The van der Waals surface area contributed by atoms with Crippen molar-refractivity contribution in [2.24, 2.45) is 0 Å². The summed E-state index contributed by atoms with van der Waals surface area (Å²) in [5.41, 5.74) is 0. The lowest BCUT2D eigenvalue weighted by atomic mass is 10.2. The first-order valence-electron chi connectivity index (χ1n) is 4.03. The minimum atomic E-state index is -1.47. The molecule has 0 radical (unpaired) electrons. The highest BCUT2D eigenvalue weighted by molar-refractivity contribution is 5.82. The van der Waals surface area contributed by atoms with Crippen LogP contribution in [0.1, 0.15) is 20.3 Å². The first-order chi connectivity index (χ1) is 6.47. The molecule has 0 saturated heterocycles. The van der Waals surface area contributed by atoms with Crippen LogP contribution in [0.5, 0.6) is 0 Å². The van der Waals surface area contributed by atoms with Crippen molar-refractivity contribution < 1.29 is 29.0 Å². The summed E-state index contributed by atoms with van der Waals surface area (Å²) < 4.78 is 8.90. The Balaban J connectivity index is 4.16. The highest BCUT2D eigenvalue weighted by Crippen LogP contribution is 2.01. The first-order valence-corrected chi connectivity index (χ1v) is 4.03. The molecule has 0 heterocycles. The Morgan fingerprint density at radius 1 is 1.36 bits per heavy atom. The third kappa shape index (κ3) is 5.13. The van der Waals surface area contributed by atoms with Crippen LogP contribution in [0.2, 0.25) is 0 Å². The first kappa shape index (κ1) is 12.4. The summed E-state index contributed by atoms with van der Waals surface area (Å²) in [5, 5.41) is 8.55. The molecule has 0 saturated carbocycles. The van der Waals surface area contributed by atoms with Crippen molar-refractivity contribution >= 4 is 17.9 Å². The van der Waals surface area contributed by atoms with E-state index in [0.29, 0.717) is 0 Å². The molecule has 0 spiro atoms. The summed E-state index contributed by atoms with van der Waals surface area (Å²) in [4.78, 5) is 31.8. The van der Waals surface area contributed by atoms with Gasteiger partial charge in [0.15, 0.2) is 0 Å². The largest absolute Gasteiger partial charge is 0.478 e. The van der Waals surface area contributed by atoms with Gasteiger partial charge in [-0.2, -0.15) is 0 Å². The molecular formula is C8H12O6. The van der Waals surface area contributed by atoms with Crippen LogP contribution in [0.15, 0.2) is 0 Å². The molecule has 0 fully saturated rings. The lowest BCUT2D eigenvalue weighted by molar-refractivity contribution is -0.167. The summed E-state index contributed by atoms with van der Waals surface area (Å²) in [6, 6.07) is 0. The van der Waals surface area contributed by atoms with Gasteiger partial charge in [0.1, 0.15) is 0 Å². The predicted molar refractivity (Wildman–Crippen MR) is 44.4 cm³/mol. The van der Waals surface area contributed by atoms with Crippen LogP contribution in [0.25, 0.3) is 0 Å². The molecule has 0 rings (SSSR count). The topological polar surface area (TPSA) is 89.9 Å². The van der Waals surface area contributed by atoms with Gasteiger partial charge in [0.25, 0.3) is 0 Å². The van der Waals surface area contributed by atoms with E-state index in [1.165, 1.54) is 0 Å². The van der Waals surface area contributed by atoms with Crippen LogP contribution < -0.4 is 0 Å². The van der Waals surface area contributed by atoms with E-state index in [9.17, 15) is 14.4 Å². The number of carboxylic acids is 1. The second-order valence-electron chi connectivity index (χ2n) is 2.45. The smallest absolute Gasteiger partial charge is 0.345 e. The number of carboxylic acid groups (broad SMARTS) is 1. The average Bonchev–Trinajstić information content (AvgIpc) is 2.02. The lowest BCUT2D eigenvalue weighted by Crippen LogP contribution is -2.29. The highest BCUT2D eigenvalue weighted by Gasteiger charge is 2.24. The zero-order valence-corrected chi connectivity index (χ0v) is 7.98. The molecular weight excluding hydrogens is 192 g/mol. The van der Waals surface area contributed by atoms with Crippen molar-refractivity contribution in [3.8, 4) is 0 Å². The predicted octanol–water partition coefficient (Wildman–Crippen LogP) is -0.0441. The number of rotatable bonds is 5. The lowest BCUT2D eigenvalue weighted by Gasteiger charge is -2.10. The summed E-state index contributed by atoms with van der Waals surface area (Å²) in [5.74, 6) is -2.82. The number of carbonyl (C=O) groups is 3. The normalized spacial score (nSPS) is 11.6. The van der Waals surface area contributed by atoms with Gasteiger partial charge in [-0.1, -0.05) is 0 Å². The van der Waals surface area contributed by atoms with Crippen LogP contribution in [-0.4, -0.2) is 35.7 Å². The fourth-order valence-electron chi connectivity index (χ4n) is 0.751. The van der Waals surface area contributed by atoms with Gasteiger partial charge >= 0.3 is 17.9 Å². The molecule has 0 aromatic heterocycles. The molecule has 0 aromatic carbocycles. The van der Waals surface area contributed by atoms with E-state index in [-0.39, 0.29) is 6.61 Å². The molecule has 6 nitrogen and oxygen atoms in total. The van der Waals surface area contributed by atoms with Crippen LogP contribution in [0, 0.1) is 0 Å². The van der Waals surface area contributed by atoms with Crippen LogP contribution >= 0.6 is 0 Å². The van der Waals surface area contributed by atoms with Gasteiger partial charge in [-0.15, -0.1) is 0 Å². The monoisotopic (exact) mass is 204 g/mol. The van der Waals surface area contributed by atoms with E-state index in [4.69, 9.17) is 5.11 Å². The molecule has 0 aliphatic rings. The molecule has 1 N–H and O–H groups in total. The Bertz CT molecular complexity index is 234. The van der Waals surface area contributed by atoms with E-state index < -0.39 is 30.4 Å². The molecule has 1 unspecified atom stereocenters. The van der Waals surface area contributed by atoms with Crippen molar-refractivity contribution in [3.05, 3.63) is 0 Å². The van der Waals surface area contributed by atoms with Crippen molar-refractivity contribution in [1.29, 1.82) is 0 Å². The van der Waals surface area contributed by atoms with E-state index in [1.54, 1.807) is 6.92 Å². The van der Waals surface area contributed by atoms with Crippen molar-refractivity contribution in [1.82, 2.24) is 0 Å². The van der Waals surface area contributed by atoms with Crippen LogP contribution in [0.3, 0.4) is 0 Å². The molecule has 0 aromatic rings. The van der Waals surface area contributed by atoms with E-state index in [1.807, 2.05) is 0 Å². The minimum Gasteiger partial charge on any atom is -0.478 e. The van der Waals surface area contributed by atoms with E-state index in [0.717, 1.165) is 6.92 Å². The Morgan fingerprint density at radius 2 is 1.93 bits per heavy atom. The molecule has 0 aliphatic carbocycles. The molecule has 0 amide bonds. The Kier molecular flexibility index (Phi) is 5.28. The fraction of sp³-hybridized carbons (Fsp3) is 0.625. The van der Waals surface area contributed by atoms with Crippen molar-refractivity contribution in [2.45, 2.75) is 26.4 Å². The summed E-state index contributed by atoms with van der Waals surface area (Å²) in [6.07, 6.45) is -1.94. The minimum absolute atomic E-state index is 0.158. The Morgan fingerprint density at radius 3 is 2.29 bits per heavy atom. The quantitative estimate of drug-likeness (QED) is 0.632. The molecule has 0 bridgehead atoms. The summed E-state index contributed by atoms with van der Waals surface area (Å²) in [6.45, 7) is 2.83. The third-order valence-electron chi connectivity index (χ3n) is 1.24. The van der Waals surface area contributed by atoms with Gasteiger partial charge in [0.2, 0.25) is 6.10 Å². The molecule has 1 atom stereocenters. The number of hydrogen-bond donors (Lipinski definition) is 1. The van der Waals surface area contributed by atoms with E-state index in [2.05, 4.69) is 9.47 Å². The Hall–Kier alpha value is -1.59. The molecule has 0 aliphatic heterocycles. The van der Waals surface area contributed by atoms with E-state index >= 15 is 0 Å². The average molecular weight is 204 g/mol. The van der Waals surface area contributed by atoms with Crippen molar-refractivity contribution in [2.75, 3.05) is 6.61 Å². The van der Waals surface area contributed by atoms with Gasteiger partial charge in [0, 0.05) is 6.92 Å². The number of carbonyl (C=O) groups excluding carboxylic acids is 2. The van der Waals surface area contributed by atoms with Gasteiger partial charge in [-0.25, -0.2) is 4.79 Å². The van der Waals surface area contributed by atoms with Gasteiger partial charge < -0.3 is 14.6 Å². The SMILES string of the molecule is CCOC(=O)CC(OC(C)=O)C(=O)O. The number of esters is 2. The second kappa shape index (κ2) is 5.95. The van der Waals surface area contributed by atoms with Crippen molar-refractivity contribution in [3.63, 3.8) is 0 Å². The highest BCUT2D eigenvalue weighted by atomic mass is 16.6. The third-order valence-corrected chi connectivity index (χ3v) is 1.24. The van der Waals surface area contributed by atoms with Crippen LogP contribution in [-0.2, 0) is 23.9 Å². The summed E-state index contributed by atoms with van der Waals surface area (Å²) >= 11 is 0. The van der Waals surface area contributed by atoms with Gasteiger partial charge in [0.05, 0.1) is 13.0 Å². The maximum atomic E-state index is 10.9. The number of aliphatic carboxylic acids is 1. The maximum Gasteiger partial charge on any atom is 0.345 e. The van der Waals surface area contributed by atoms with Gasteiger partial charge in [-0.05, 0) is 6.92 Å². The zero-order chi connectivity index (χ0) is 11.1. The molecule has 80 valence electrons.